The predicted molar refractivity (Wildman–Crippen MR) is 79.8 cm³/mol. The topological polar surface area (TPSA) is 77.2 Å². The smallest absolute Gasteiger partial charge is 0.259 e. The molecular formula is C16H19N3O3. The number of aryl methyl sites for hydroxylation is 1. The molecule has 2 aromatic rings. The van der Waals surface area contributed by atoms with Gasteiger partial charge in [0.1, 0.15) is 0 Å². The Hall–Kier alpha value is -1.95. The molecule has 1 N–H and O–H groups in total. The summed E-state index contributed by atoms with van der Waals surface area (Å²) in [5.41, 5.74) is 2.71. The SMILES string of the molecule is Cc1noc2nc(C3CC3)cc(C(=O)NCC3CCCO3)c12. The number of fused-ring (bicyclic) bond motifs is 1. The Morgan fingerprint density at radius 3 is 3.00 bits per heavy atom. The summed E-state index contributed by atoms with van der Waals surface area (Å²) >= 11 is 0. The van der Waals surface area contributed by atoms with Gasteiger partial charge in [0.15, 0.2) is 0 Å². The second kappa shape index (κ2) is 5.35. The Labute approximate surface area is 128 Å². The number of aromatic nitrogens is 2. The van der Waals surface area contributed by atoms with Crippen molar-refractivity contribution in [2.45, 2.75) is 44.6 Å². The van der Waals surface area contributed by atoms with Gasteiger partial charge in [-0.25, -0.2) is 4.98 Å². The van der Waals surface area contributed by atoms with Gasteiger partial charge >= 0.3 is 0 Å². The van der Waals surface area contributed by atoms with Crippen LogP contribution in [0.25, 0.3) is 11.1 Å². The Morgan fingerprint density at radius 2 is 2.27 bits per heavy atom. The number of pyridine rings is 1. The molecule has 1 unspecified atom stereocenters. The molecule has 4 rings (SSSR count). The van der Waals surface area contributed by atoms with E-state index < -0.39 is 0 Å². The molecule has 1 amide bonds. The summed E-state index contributed by atoms with van der Waals surface area (Å²) in [4.78, 5) is 17.1. The van der Waals surface area contributed by atoms with Gasteiger partial charge in [-0.05, 0) is 38.7 Å². The molecule has 1 atom stereocenters. The molecule has 1 saturated carbocycles. The van der Waals surface area contributed by atoms with E-state index in [1.165, 1.54) is 0 Å². The van der Waals surface area contributed by atoms with Crippen molar-refractivity contribution < 1.29 is 14.1 Å². The molecule has 1 saturated heterocycles. The fourth-order valence-corrected chi connectivity index (χ4v) is 2.99. The van der Waals surface area contributed by atoms with Crippen LogP contribution in [0.15, 0.2) is 10.6 Å². The minimum atomic E-state index is -0.101. The van der Waals surface area contributed by atoms with Gasteiger partial charge in [0.25, 0.3) is 11.6 Å². The third-order valence-electron chi connectivity index (χ3n) is 4.39. The molecule has 116 valence electrons. The molecule has 6 nitrogen and oxygen atoms in total. The van der Waals surface area contributed by atoms with E-state index in [0.717, 1.165) is 38.0 Å². The van der Waals surface area contributed by atoms with E-state index in [1.54, 1.807) is 0 Å². The number of carbonyl (C=O) groups is 1. The van der Waals surface area contributed by atoms with Crippen molar-refractivity contribution in [3.63, 3.8) is 0 Å². The van der Waals surface area contributed by atoms with Crippen molar-refractivity contribution in [1.29, 1.82) is 0 Å². The zero-order valence-corrected chi connectivity index (χ0v) is 12.6. The lowest BCUT2D eigenvalue weighted by atomic mass is 10.1. The van der Waals surface area contributed by atoms with Crippen LogP contribution in [0.1, 0.15) is 53.3 Å². The fourth-order valence-electron chi connectivity index (χ4n) is 2.99. The van der Waals surface area contributed by atoms with Gasteiger partial charge in [-0.15, -0.1) is 0 Å². The number of hydrogen-bond donors (Lipinski definition) is 1. The van der Waals surface area contributed by atoms with Crippen LogP contribution in [-0.4, -0.2) is 35.3 Å². The number of carbonyl (C=O) groups excluding carboxylic acids is 1. The van der Waals surface area contributed by atoms with Crippen LogP contribution in [0.4, 0.5) is 0 Å². The maximum atomic E-state index is 12.6. The maximum absolute atomic E-state index is 12.6. The largest absolute Gasteiger partial charge is 0.376 e. The molecule has 2 aliphatic rings. The second-order valence-electron chi connectivity index (χ2n) is 6.16. The molecule has 0 aromatic carbocycles. The van der Waals surface area contributed by atoms with E-state index in [-0.39, 0.29) is 12.0 Å². The molecule has 0 bridgehead atoms. The van der Waals surface area contributed by atoms with Crippen LogP contribution in [0, 0.1) is 6.92 Å². The van der Waals surface area contributed by atoms with Crippen LogP contribution >= 0.6 is 0 Å². The van der Waals surface area contributed by atoms with Gasteiger partial charge in [-0.1, -0.05) is 5.16 Å². The molecule has 2 aromatic heterocycles. The maximum Gasteiger partial charge on any atom is 0.259 e. The van der Waals surface area contributed by atoms with Crippen molar-refractivity contribution in [1.82, 2.24) is 15.5 Å². The summed E-state index contributed by atoms with van der Waals surface area (Å²) in [6, 6.07) is 1.90. The molecule has 0 spiro atoms. The molecule has 22 heavy (non-hydrogen) atoms. The van der Waals surface area contributed by atoms with E-state index in [4.69, 9.17) is 9.26 Å². The highest BCUT2D eigenvalue weighted by Crippen LogP contribution is 2.40. The summed E-state index contributed by atoms with van der Waals surface area (Å²) in [6.07, 6.45) is 4.46. The van der Waals surface area contributed by atoms with Gasteiger partial charge < -0.3 is 14.6 Å². The second-order valence-corrected chi connectivity index (χ2v) is 6.16. The van der Waals surface area contributed by atoms with E-state index in [2.05, 4.69) is 15.5 Å². The summed E-state index contributed by atoms with van der Waals surface area (Å²) < 4.78 is 10.8. The molecule has 0 radical (unpaired) electrons. The highest BCUT2D eigenvalue weighted by Gasteiger charge is 2.28. The molecular weight excluding hydrogens is 282 g/mol. The standard InChI is InChI=1S/C16H19N3O3/c1-9-14-12(15(20)17-8-11-3-2-6-21-11)7-13(10-4-5-10)18-16(14)22-19-9/h7,10-11H,2-6,8H2,1H3,(H,17,20). The zero-order valence-electron chi connectivity index (χ0n) is 12.6. The fraction of sp³-hybridized carbons (Fsp3) is 0.562. The number of rotatable bonds is 4. The van der Waals surface area contributed by atoms with E-state index in [9.17, 15) is 4.79 Å². The van der Waals surface area contributed by atoms with E-state index in [1.807, 2.05) is 13.0 Å². The predicted octanol–water partition coefficient (Wildman–Crippen LogP) is 2.32. The summed E-state index contributed by atoms with van der Waals surface area (Å²) in [6.45, 7) is 3.17. The quantitative estimate of drug-likeness (QED) is 0.937. The normalized spacial score (nSPS) is 21.4. The van der Waals surface area contributed by atoms with Crippen molar-refractivity contribution >= 4 is 17.0 Å². The third kappa shape index (κ3) is 2.47. The highest BCUT2D eigenvalue weighted by molar-refractivity contribution is 6.06. The van der Waals surface area contributed by atoms with Crippen molar-refractivity contribution in [2.24, 2.45) is 0 Å². The average molecular weight is 301 g/mol. The van der Waals surface area contributed by atoms with Crippen LogP contribution in [0.2, 0.25) is 0 Å². The number of hydrogen-bond acceptors (Lipinski definition) is 5. The average Bonchev–Trinajstić information content (AvgIpc) is 3.13. The van der Waals surface area contributed by atoms with E-state index in [0.29, 0.717) is 34.8 Å². The minimum Gasteiger partial charge on any atom is -0.376 e. The van der Waals surface area contributed by atoms with Gasteiger partial charge in [0.2, 0.25) is 0 Å². The van der Waals surface area contributed by atoms with Crippen LogP contribution in [0.5, 0.6) is 0 Å². The Morgan fingerprint density at radius 1 is 1.41 bits per heavy atom. The van der Waals surface area contributed by atoms with Gasteiger partial charge in [0.05, 0.1) is 22.7 Å². The first-order valence-corrected chi connectivity index (χ1v) is 7.89. The van der Waals surface area contributed by atoms with Crippen LogP contribution < -0.4 is 5.32 Å². The van der Waals surface area contributed by atoms with Crippen LogP contribution in [0.3, 0.4) is 0 Å². The Balaban J connectivity index is 1.63. The summed E-state index contributed by atoms with van der Waals surface area (Å²) in [5.74, 6) is 0.357. The molecule has 2 fully saturated rings. The molecule has 1 aliphatic carbocycles. The molecule has 3 heterocycles. The number of ether oxygens (including phenoxy) is 1. The lowest BCUT2D eigenvalue weighted by Gasteiger charge is -2.11. The zero-order chi connectivity index (χ0) is 15.1. The third-order valence-corrected chi connectivity index (χ3v) is 4.39. The van der Waals surface area contributed by atoms with Crippen molar-refractivity contribution in [3.05, 3.63) is 23.0 Å². The first-order chi connectivity index (χ1) is 10.7. The number of nitrogens with zero attached hydrogens (tertiary/aromatic N) is 2. The minimum absolute atomic E-state index is 0.101. The van der Waals surface area contributed by atoms with Crippen molar-refractivity contribution in [2.75, 3.05) is 13.2 Å². The van der Waals surface area contributed by atoms with Gasteiger partial charge in [-0.2, -0.15) is 0 Å². The molecule has 6 heteroatoms. The van der Waals surface area contributed by atoms with Gasteiger partial charge in [0, 0.05) is 24.8 Å². The Bertz CT molecular complexity index is 715. The highest BCUT2D eigenvalue weighted by atomic mass is 16.5. The molecule has 1 aliphatic heterocycles. The first-order valence-electron chi connectivity index (χ1n) is 7.89. The summed E-state index contributed by atoms with van der Waals surface area (Å²) in [5, 5.41) is 7.65. The number of nitrogens with one attached hydrogen (secondary N) is 1. The van der Waals surface area contributed by atoms with E-state index >= 15 is 0 Å². The number of amides is 1. The van der Waals surface area contributed by atoms with Crippen molar-refractivity contribution in [3.8, 4) is 0 Å². The lowest BCUT2D eigenvalue weighted by molar-refractivity contribution is 0.0859. The Kier molecular flexibility index (Phi) is 3.33. The first kappa shape index (κ1) is 13.7. The van der Waals surface area contributed by atoms with Crippen LogP contribution in [-0.2, 0) is 4.74 Å². The monoisotopic (exact) mass is 301 g/mol. The lowest BCUT2D eigenvalue weighted by Crippen LogP contribution is -2.32. The summed E-state index contributed by atoms with van der Waals surface area (Å²) in [7, 11) is 0. The van der Waals surface area contributed by atoms with Gasteiger partial charge in [-0.3, -0.25) is 4.79 Å².